The molecule has 7 nitrogen and oxygen atoms in total. The van der Waals surface area contributed by atoms with E-state index in [0.29, 0.717) is 28.7 Å². The van der Waals surface area contributed by atoms with Crippen LogP contribution in [-0.2, 0) is 6.54 Å². The van der Waals surface area contributed by atoms with Crippen LogP contribution in [0.2, 0.25) is 0 Å². The van der Waals surface area contributed by atoms with Gasteiger partial charge in [-0.05, 0) is 24.3 Å². The van der Waals surface area contributed by atoms with Crippen molar-refractivity contribution >= 4 is 39.4 Å². The molecular formula is C22H21BrN4O3S. The van der Waals surface area contributed by atoms with Crippen molar-refractivity contribution in [2.45, 2.75) is 17.7 Å². The van der Waals surface area contributed by atoms with Crippen LogP contribution in [0.15, 0.2) is 76.9 Å². The zero-order valence-corrected chi connectivity index (χ0v) is 19.0. The van der Waals surface area contributed by atoms with Gasteiger partial charge in [-0.25, -0.2) is 0 Å². The number of aliphatic hydroxyl groups excluding tert-OH is 1. The SMILES string of the molecule is C=CCn1c(SCC(=O)c2ccc(Br)cc2)nnc1C(CO)NC(=O)c1ccccc1. The number of hydrogen-bond acceptors (Lipinski definition) is 6. The van der Waals surface area contributed by atoms with E-state index in [2.05, 4.69) is 38.0 Å². The largest absolute Gasteiger partial charge is 0.394 e. The molecule has 1 unspecified atom stereocenters. The Morgan fingerprint density at radius 1 is 1.13 bits per heavy atom. The first kappa shape index (κ1) is 22.9. The molecule has 2 N–H and O–H groups in total. The summed E-state index contributed by atoms with van der Waals surface area (Å²) < 4.78 is 2.64. The Bertz CT molecular complexity index is 1050. The molecule has 1 atom stereocenters. The van der Waals surface area contributed by atoms with Gasteiger partial charge in [0.25, 0.3) is 5.91 Å². The van der Waals surface area contributed by atoms with Crippen LogP contribution >= 0.6 is 27.7 Å². The summed E-state index contributed by atoms with van der Waals surface area (Å²) >= 11 is 4.60. The number of carbonyl (C=O) groups is 2. The second-order valence-electron chi connectivity index (χ2n) is 6.53. The van der Waals surface area contributed by atoms with Crippen LogP contribution in [0.1, 0.15) is 32.6 Å². The number of aromatic nitrogens is 3. The summed E-state index contributed by atoms with van der Waals surface area (Å²) in [5.74, 6) is 0.206. The summed E-state index contributed by atoms with van der Waals surface area (Å²) in [6.45, 7) is 3.77. The predicted molar refractivity (Wildman–Crippen MR) is 123 cm³/mol. The number of amides is 1. The number of aliphatic hydroxyl groups is 1. The zero-order chi connectivity index (χ0) is 22.2. The minimum absolute atomic E-state index is 0.0386. The minimum atomic E-state index is -0.753. The van der Waals surface area contributed by atoms with Crippen molar-refractivity contribution in [3.63, 3.8) is 0 Å². The summed E-state index contributed by atoms with van der Waals surface area (Å²) in [6, 6.07) is 15.1. The van der Waals surface area contributed by atoms with Crippen LogP contribution in [-0.4, -0.2) is 43.9 Å². The van der Waals surface area contributed by atoms with Crippen molar-refractivity contribution in [1.29, 1.82) is 0 Å². The molecule has 1 aromatic heterocycles. The lowest BCUT2D eigenvalue weighted by atomic mass is 10.2. The predicted octanol–water partition coefficient (Wildman–Crippen LogP) is 3.67. The number of nitrogens with one attached hydrogen (secondary N) is 1. The Balaban J connectivity index is 1.75. The van der Waals surface area contributed by atoms with Gasteiger partial charge in [0, 0.05) is 22.1 Å². The van der Waals surface area contributed by atoms with E-state index in [0.717, 1.165) is 4.47 Å². The number of carbonyl (C=O) groups excluding carboxylic acids is 2. The topological polar surface area (TPSA) is 97.1 Å². The third kappa shape index (κ3) is 5.90. The number of thioether (sulfide) groups is 1. The van der Waals surface area contributed by atoms with Crippen molar-refractivity contribution in [2.24, 2.45) is 0 Å². The second kappa shape index (κ2) is 11.0. The van der Waals surface area contributed by atoms with E-state index in [1.807, 2.05) is 18.2 Å². The molecule has 0 aliphatic heterocycles. The third-order valence-corrected chi connectivity index (χ3v) is 5.89. The van der Waals surface area contributed by atoms with Crippen LogP contribution in [0.3, 0.4) is 0 Å². The molecule has 0 saturated heterocycles. The van der Waals surface area contributed by atoms with Gasteiger partial charge in [-0.15, -0.1) is 16.8 Å². The quantitative estimate of drug-likeness (QED) is 0.250. The highest BCUT2D eigenvalue weighted by Crippen LogP contribution is 2.22. The minimum Gasteiger partial charge on any atom is -0.394 e. The molecule has 0 radical (unpaired) electrons. The molecule has 0 fully saturated rings. The molecule has 31 heavy (non-hydrogen) atoms. The molecule has 160 valence electrons. The van der Waals surface area contributed by atoms with Gasteiger partial charge < -0.3 is 15.0 Å². The molecule has 0 aliphatic rings. The first-order valence-corrected chi connectivity index (χ1v) is 11.2. The molecule has 0 spiro atoms. The van der Waals surface area contributed by atoms with E-state index >= 15 is 0 Å². The van der Waals surface area contributed by atoms with E-state index in [1.54, 1.807) is 47.0 Å². The Labute approximate surface area is 192 Å². The maximum Gasteiger partial charge on any atom is 0.251 e. The number of halogens is 1. The fourth-order valence-electron chi connectivity index (χ4n) is 2.84. The molecule has 3 rings (SSSR count). The van der Waals surface area contributed by atoms with Gasteiger partial charge in [-0.3, -0.25) is 9.59 Å². The number of benzene rings is 2. The molecule has 2 aromatic carbocycles. The van der Waals surface area contributed by atoms with Crippen molar-refractivity contribution in [3.8, 4) is 0 Å². The van der Waals surface area contributed by atoms with Gasteiger partial charge >= 0.3 is 0 Å². The molecule has 1 heterocycles. The number of hydrogen-bond donors (Lipinski definition) is 2. The number of nitrogens with zero attached hydrogens (tertiary/aromatic N) is 3. The summed E-state index contributed by atoms with van der Waals surface area (Å²) in [7, 11) is 0. The van der Waals surface area contributed by atoms with E-state index in [9.17, 15) is 14.7 Å². The van der Waals surface area contributed by atoms with Crippen molar-refractivity contribution in [2.75, 3.05) is 12.4 Å². The van der Waals surface area contributed by atoms with Gasteiger partial charge in [-0.2, -0.15) is 0 Å². The summed E-state index contributed by atoms with van der Waals surface area (Å²) in [5, 5.41) is 21.5. The van der Waals surface area contributed by atoms with Gasteiger partial charge in [-0.1, -0.05) is 64.1 Å². The zero-order valence-electron chi connectivity index (χ0n) is 16.6. The van der Waals surface area contributed by atoms with Crippen molar-refractivity contribution in [1.82, 2.24) is 20.1 Å². The summed E-state index contributed by atoms with van der Waals surface area (Å²) in [6.07, 6.45) is 1.67. The first-order chi connectivity index (χ1) is 15.0. The van der Waals surface area contributed by atoms with Gasteiger partial charge in [0.1, 0.15) is 6.04 Å². The fourth-order valence-corrected chi connectivity index (χ4v) is 3.95. The van der Waals surface area contributed by atoms with Crippen LogP contribution in [0.25, 0.3) is 0 Å². The van der Waals surface area contributed by atoms with Gasteiger partial charge in [0.2, 0.25) is 0 Å². The molecule has 3 aromatic rings. The van der Waals surface area contributed by atoms with Crippen LogP contribution in [0, 0.1) is 0 Å². The lowest BCUT2D eigenvalue weighted by Crippen LogP contribution is -2.32. The van der Waals surface area contributed by atoms with E-state index in [4.69, 9.17) is 0 Å². The second-order valence-corrected chi connectivity index (χ2v) is 8.39. The maximum absolute atomic E-state index is 12.5. The Kier molecular flexibility index (Phi) is 8.16. The smallest absolute Gasteiger partial charge is 0.251 e. The van der Waals surface area contributed by atoms with E-state index < -0.39 is 6.04 Å². The number of allylic oxidation sites excluding steroid dienone is 1. The van der Waals surface area contributed by atoms with E-state index in [1.165, 1.54) is 11.8 Å². The van der Waals surface area contributed by atoms with Crippen LogP contribution in [0.4, 0.5) is 0 Å². The normalized spacial score (nSPS) is 11.7. The Morgan fingerprint density at radius 2 is 1.84 bits per heavy atom. The Morgan fingerprint density at radius 3 is 2.48 bits per heavy atom. The average Bonchev–Trinajstić information content (AvgIpc) is 3.19. The first-order valence-electron chi connectivity index (χ1n) is 9.45. The number of rotatable bonds is 10. The number of ketones is 1. The van der Waals surface area contributed by atoms with E-state index in [-0.39, 0.29) is 24.1 Å². The lowest BCUT2D eigenvalue weighted by molar-refractivity contribution is 0.0911. The summed E-state index contributed by atoms with van der Waals surface area (Å²) in [4.78, 5) is 25.0. The molecule has 0 saturated carbocycles. The van der Waals surface area contributed by atoms with Crippen LogP contribution < -0.4 is 5.32 Å². The van der Waals surface area contributed by atoms with Crippen molar-refractivity contribution in [3.05, 3.63) is 88.7 Å². The maximum atomic E-state index is 12.5. The molecule has 9 heteroatoms. The highest BCUT2D eigenvalue weighted by molar-refractivity contribution is 9.10. The molecular weight excluding hydrogens is 480 g/mol. The number of Topliss-reactive ketones (excluding diaryl/α,β-unsaturated/α-hetero) is 1. The summed E-state index contributed by atoms with van der Waals surface area (Å²) in [5.41, 5.74) is 1.08. The molecule has 0 bridgehead atoms. The monoisotopic (exact) mass is 500 g/mol. The highest BCUT2D eigenvalue weighted by atomic mass is 79.9. The van der Waals surface area contributed by atoms with Gasteiger partial charge in [0.05, 0.1) is 12.4 Å². The third-order valence-electron chi connectivity index (χ3n) is 4.39. The average molecular weight is 501 g/mol. The van der Waals surface area contributed by atoms with Gasteiger partial charge in [0.15, 0.2) is 16.8 Å². The molecule has 0 aliphatic carbocycles. The molecule has 1 amide bonds. The van der Waals surface area contributed by atoms with Crippen molar-refractivity contribution < 1.29 is 14.7 Å². The highest BCUT2D eigenvalue weighted by Gasteiger charge is 2.23. The lowest BCUT2D eigenvalue weighted by Gasteiger charge is -2.17. The Hall–Kier alpha value is -2.75. The van der Waals surface area contributed by atoms with Crippen LogP contribution in [0.5, 0.6) is 0 Å². The standard InChI is InChI=1S/C22H21BrN4O3S/c1-2-12-27-20(18(13-28)24-21(30)16-6-4-3-5-7-16)25-26-22(27)31-14-19(29)15-8-10-17(23)11-9-15/h2-11,18,28H,1,12-14H2,(H,24,30). The fraction of sp³-hybridized carbons (Fsp3) is 0.182.